The van der Waals surface area contributed by atoms with Gasteiger partial charge in [-0.05, 0) is 11.5 Å². The van der Waals surface area contributed by atoms with E-state index in [9.17, 15) is 4.79 Å². The molecule has 0 saturated carbocycles. The van der Waals surface area contributed by atoms with Gasteiger partial charge in [-0.2, -0.15) is 5.16 Å². The molecule has 4 aromatic rings. The summed E-state index contributed by atoms with van der Waals surface area (Å²) in [7, 11) is 0. The highest BCUT2D eigenvalue weighted by molar-refractivity contribution is 5.94. The van der Waals surface area contributed by atoms with Crippen molar-refractivity contribution in [2.24, 2.45) is 0 Å². The highest BCUT2D eigenvalue weighted by Crippen LogP contribution is 2.27. The number of aromatic nitrogens is 4. The molecule has 4 rings (SSSR count). The smallest absolute Gasteiger partial charge is 0.280 e. The fourth-order valence-corrected chi connectivity index (χ4v) is 2.57. The van der Waals surface area contributed by atoms with E-state index in [2.05, 4.69) is 15.1 Å². The first-order valence-corrected chi connectivity index (χ1v) is 6.83. The predicted molar refractivity (Wildman–Crippen MR) is 81.4 cm³/mol. The summed E-state index contributed by atoms with van der Waals surface area (Å²) >= 11 is 0. The molecule has 0 radical (unpaired) electrons. The molecule has 0 fully saturated rings. The molecule has 108 valence electrons. The Balaban J connectivity index is 1.83. The number of nitrogens with zero attached hydrogens (tertiary/aromatic N) is 3. The van der Waals surface area contributed by atoms with Crippen molar-refractivity contribution in [3.05, 3.63) is 71.2 Å². The second-order valence-electron chi connectivity index (χ2n) is 4.96. The zero-order chi connectivity index (χ0) is 14.9. The number of imidazole rings is 1. The lowest BCUT2D eigenvalue weighted by molar-refractivity contribution is 0.372. The lowest BCUT2D eigenvalue weighted by Gasteiger charge is -2.08. The molecule has 3 aromatic heterocycles. The fourth-order valence-electron chi connectivity index (χ4n) is 2.57. The van der Waals surface area contributed by atoms with Crippen molar-refractivity contribution in [1.29, 1.82) is 0 Å². The van der Waals surface area contributed by atoms with Crippen LogP contribution in [0.2, 0.25) is 0 Å². The van der Waals surface area contributed by atoms with Gasteiger partial charge in [-0.15, -0.1) is 0 Å². The Morgan fingerprint density at radius 2 is 2.18 bits per heavy atom. The number of hydrogen-bond acceptors (Lipinski definition) is 4. The molecule has 0 aliphatic carbocycles. The molecular weight excluding hydrogens is 280 g/mol. The van der Waals surface area contributed by atoms with Gasteiger partial charge < -0.3 is 9.09 Å². The third kappa shape index (κ3) is 2.10. The van der Waals surface area contributed by atoms with E-state index >= 15 is 0 Å². The normalized spacial score (nSPS) is 11.1. The van der Waals surface area contributed by atoms with E-state index in [1.165, 1.54) is 6.07 Å². The Labute approximate surface area is 125 Å². The number of aromatic amines is 1. The molecule has 6 heteroatoms. The number of nitrogens with one attached hydrogen (secondary N) is 1. The lowest BCUT2D eigenvalue weighted by Crippen LogP contribution is -2.01. The minimum Gasteiger partial charge on any atom is -0.382 e. The molecule has 0 amide bonds. The van der Waals surface area contributed by atoms with Crippen LogP contribution in [0.5, 0.6) is 0 Å². The largest absolute Gasteiger partial charge is 0.382 e. The van der Waals surface area contributed by atoms with Crippen LogP contribution in [0.15, 0.2) is 64.4 Å². The lowest BCUT2D eigenvalue weighted by atomic mass is 10.1. The van der Waals surface area contributed by atoms with E-state index in [0.29, 0.717) is 12.3 Å². The van der Waals surface area contributed by atoms with Gasteiger partial charge >= 0.3 is 0 Å². The summed E-state index contributed by atoms with van der Waals surface area (Å²) in [5, 5.41) is 4.44. The van der Waals surface area contributed by atoms with Crippen LogP contribution in [0.3, 0.4) is 0 Å². The highest BCUT2D eigenvalue weighted by atomic mass is 16.5. The average Bonchev–Trinajstić information content (AvgIpc) is 3.16. The monoisotopic (exact) mass is 292 g/mol. The van der Waals surface area contributed by atoms with Crippen LogP contribution in [-0.4, -0.2) is 19.7 Å². The summed E-state index contributed by atoms with van der Waals surface area (Å²) in [5.74, 6) is 1.38. The summed E-state index contributed by atoms with van der Waals surface area (Å²) < 4.78 is 7.07. The van der Waals surface area contributed by atoms with Crippen LogP contribution in [0.25, 0.3) is 22.2 Å². The molecule has 0 aliphatic rings. The zero-order valence-electron chi connectivity index (χ0n) is 11.6. The Hall–Kier alpha value is -3.15. The quantitative estimate of drug-likeness (QED) is 0.629. The van der Waals surface area contributed by atoms with Crippen molar-refractivity contribution >= 4 is 10.8 Å². The van der Waals surface area contributed by atoms with E-state index in [-0.39, 0.29) is 5.56 Å². The standard InChI is InChI=1S/C16H12N4O2/c21-15-8-12(22-19-15)10-20-7-6-18-16(20)14-3-1-2-11-9-17-5-4-13(11)14/h1-9H,10H2,(H,19,21). The first-order valence-electron chi connectivity index (χ1n) is 6.83. The van der Waals surface area contributed by atoms with Gasteiger partial charge in [0.1, 0.15) is 5.82 Å². The van der Waals surface area contributed by atoms with Crippen molar-refractivity contribution in [1.82, 2.24) is 19.7 Å². The van der Waals surface area contributed by atoms with Crippen LogP contribution in [0.1, 0.15) is 5.76 Å². The van der Waals surface area contributed by atoms with Crippen molar-refractivity contribution in [2.75, 3.05) is 0 Å². The zero-order valence-corrected chi connectivity index (χ0v) is 11.6. The molecule has 0 unspecified atom stereocenters. The van der Waals surface area contributed by atoms with E-state index < -0.39 is 0 Å². The maximum absolute atomic E-state index is 11.2. The molecule has 22 heavy (non-hydrogen) atoms. The second-order valence-corrected chi connectivity index (χ2v) is 4.96. The number of benzene rings is 1. The van der Waals surface area contributed by atoms with E-state index in [1.807, 2.05) is 41.2 Å². The first-order chi connectivity index (χ1) is 10.8. The van der Waals surface area contributed by atoms with E-state index in [4.69, 9.17) is 4.52 Å². The molecule has 0 saturated heterocycles. The van der Waals surface area contributed by atoms with Crippen LogP contribution >= 0.6 is 0 Å². The summed E-state index contributed by atoms with van der Waals surface area (Å²) in [6, 6.07) is 9.43. The van der Waals surface area contributed by atoms with E-state index in [1.54, 1.807) is 12.4 Å². The van der Waals surface area contributed by atoms with Gasteiger partial charge in [-0.3, -0.25) is 9.78 Å². The molecular formula is C16H12N4O2. The van der Waals surface area contributed by atoms with Crippen molar-refractivity contribution in [2.45, 2.75) is 6.54 Å². The number of H-pyrrole nitrogens is 1. The molecule has 0 spiro atoms. The van der Waals surface area contributed by atoms with E-state index in [0.717, 1.165) is 22.2 Å². The van der Waals surface area contributed by atoms with Crippen LogP contribution in [-0.2, 0) is 6.54 Å². The van der Waals surface area contributed by atoms with Crippen molar-refractivity contribution in [3.8, 4) is 11.4 Å². The number of hydrogen-bond donors (Lipinski definition) is 1. The fraction of sp³-hybridized carbons (Fsp3) is 0.0625. The maximum Gasteiger partial charge on any atom is 0.280 e. The number of rotatable bonds is 3. The summed E-state index contributed by atoms with van der Waals surface area (Å²) in [6.07, 6.45) is 7.20. The minimum atomic E-state index is -0.243. The van der Waals surface area contributed by atoms with Gasteiger partial charge in [0.05, 0.1) is 6.54 Å². The number of fused-ring (bicyclic) bond motifs is 1. The topological polar surface area (TPSA) is 76.7 Å². The third-order valence-electron chi connectivity index (χ3n) is 3.54. The maximum atomic E-state index is 11.2. The van der Waals surface area contributed by atoms with Crippen LogP contribution < -0.4 is 5.56 Å². The summed E-state index contributed by atoms with van der Waals surface area (Å²) in [5.41, 5.74) is 0.774. The second kappa shape index (κ2) is 5.00. The van der Waals surface area contributed by atoms with Crippen molar-refractivity contribution < 1.29 is 4.52 Å². The molecule has 0 bridgehead atoms. The van der Waals surface area contributed by atoms with Gasteiger partial charge in [0.25, 0.3) is 5.56 Å². The molecule has 3 heterocycles. The molecule has 0 aliphatic heterocycles. The van der Waals surface area contributed by atoms with Crippen LogP contribution in [0, 0.1) is 0 Å². The molecule has 1 N–H and O–H groups in total. The van der Waals surface area contributed by atoms with Gasteiger partial charge in [0.15, 0.2) is 5.76 Å². The van der Waals surface area contributed by atoms with Gasteiger partial charge in [-0.1, -0.05) is 18.2 Å². The molecule has 1 aromatic carbocycles. The Morgan fingerprint density at radius 1 is 1.23 bits per heavy atom. The first kappa shape index (κ1) is 12.6. The average molecular weight is 292 g/mol. The summed E-state index contributed by atoms with van der Waals surface area (Å²) in [4.78, 5) is 19.8. The van der Waals surface area contributed by atoms with Crippen molar-refractivity contribution in [3.63, 3.8) is 0 Å². The number of pyridine rings is 1. The molecule has 0 atom stereocenters. The predicted octanol–water partition coefficient (Wildman–Crippen LogP) is 2.43. The Kier molecular flexibility index (Phi) is 2.86. The minimum absolute atomic E-state index is 0.243. The third-order valence-corrected chi connectivity index (χ3v) is 3.54. The Bertz CT molecular complexity index is 991. The van der Waals surface area contributed by atoms with Gasteiger partial charge in [0.2, 0.25) is 0 Å². The highest BCUT2D eigenvalue weighted by Gasteiger charge is 2.11. The Morgan fingerprint density at radius 3 is 3.05 bits per heavy atom. The summed E-state index contributed by atoms with van der Waals surface area (Å²) in [6.45, 7) is 0.440. The van der Waals surface area contributed by atoms with Gasteiger partial charge in [0, 0.05) is 41.8 Å². The SMILES string of the molecule is O=c1cc(Cn2ccnc2-c2cccc3cnccc23)o[nH]1. The molecule has 6 nitrogen and oxygen atoms in total. The van der Waals surface area contributed by atoms with Gasteiger partial charge in [-0.25, -0.2) is 4.98 Å². The van der Waals surface area contributed by atoms with Crippen LogP contribution in [0.4, 0.5) is 0 Å².